The van der Waals surface area contributed by atoms with Crippen molar-refractivity contribution in [2.75, 3.05) is 5.32 Å². The van der Waals surface area contributed by atoms with Gasteiger partial charge in [-0.2, -0.15) is 34.4 Å². The Morgan fingerprint density at radius 1 is 0.968 bits per heavy atom. The summed E-state index contributed by atoms with van der Waals surface area (Å²) < 4.78 is 118. The van der Waals surface area contributed by atoms with E-state index in [1.807, 2.05) is 0 Å². The highest BCUT2D eigenvalue weighted by Gasteiger charge is 2.83. The van der Waals surface area contributed by atoms with Crippen molar-refractivity contribution in [3.8, 4) is 5.75 Å². The number of phenols is 1. The second kappa shape index (κ2) is 6.65. The minimum absolute atomic E-state index is 0.489. The number of carbonyl (C=O) groups is 1. The maximum Gasteiger partial charge on any atom is 0.338 e. The second-order valence-electron chi connectivity index (χ2n) is 6.67. The molecule has 4 N–H and O–H groups in total. The second-order valence-corrected chi connectivity index (χ2v) is 10.2. The molecule has 1 atom stereocenters. The van der Waals surface area contributed by atoms with Crippen LogP contribution < -0.4 is 5.32 Å². The lowest BCUT2D eigenvalue weighted by Gasteiger charge is -2.48. The van der Waals surface area contributed by atoms with E-state index in [4.69, 9.17) is 16.2 Å². The smallest absolute Gasteiger partial charge is 0.338 e. The Balaban J connectivity index is 2.21. The van der Waals surface area contributed by atoms with Crippen LogP contribution >= 0.6 is 11.6 Å². The Morgan fingerprint density at radius 2 is 1.45 bits per heavy atom. The molecular weight excluding hydrogens is 498 g/mol. The van der Waals surface area contributed by atoms with Crippen molar-refractivity contribution in [3.05, 3.63) is 24.3 Å². The van der Waals surface area contributed by atoms with E-state index in [1.165, 1.54) is 0 Å². The average molecular weight is 508 g/mol. The van der Waals surface area contributed by atoms with E-state index >= 15 is 0 Å². The van der Waals surface area contributed by atoms with E-state index < -0.39 is 81.3 Å². The zero-order chi connectivity index (χ0) is 23.8. The third kappa shape index (κ3) is 3.59. The van der Waals surface area contributed by atoms with Crippen LogP contribution in [0.2, 0.25) is 0 Å². The van der Waals surface area contributed by atoms with Crippen molar-refractivity contribution in [1.82, 2.24) is 0 Å². The first-order valence-electron chi connectivity index (χ1n) is 7.83. The standard InChI is InChI=1S/C15H10ClF4NO8S2/c16-13(5-14(17,18)15(13,19)20)12(23)21-9-3-7(30(24,25)26)1-6-2-8(31(27,28)29)4-10(22)11(6)9/h1-4,22H,5H2,(H,21,23)(H,24,25,26)(H,27,28,29). The van der Waals surface area contributed by atoms with Crippen LogP contribution in [0.3, 0.4) is 0 Å². The monoisotopic (exact) mass is 507 g/mol. The fourth-order valence-corrected chi connectivity index (χ4v) is 4.42. The van der Waals surface area contributed by atoms with Crippen LogP contribution in [-0.2, 0) is 25.0 Å². The van der Waals surface area contributed by atoms with Gasteiger partial charge in [-0.1, -0.05) is 0 Å². The van der Waals surface area contributed by atoms with Gasteiger partial charge < -0.3 is 10.4 Å². The molecule has 2 aromatic carbocycles. The number of hydrogen-bond acceptors (Lipinski definition) is 6. The van der Waals surface area contributed by atoms with Crippen molar-refractivity contribution in [3.63, 3.8) is 0 Å². The molecule has 0 spiro atoms. The zero-order valence-corrected chi connectivity index (χ0v) is 17.0. The molecular formula is C15H10ClF4NO8S2. The number of carbonyl (C=O) groups excluding carboxylic acids is 1. The molecule has 1 aliphatic carbocycles. The molecule has 0 saturated heterocycles. The highest BCUT2D eigenvalue weighted by Crippen LogP contribution is 2.61. The van der Waals surface area contributed by atoms with Crippen LogP contribution in [-0.4, -0.2) is 53.7 Å². The molecule has 16 heteroatoms. The van der Waals surface area contributed by atoms with E-state index in [9.17, 15) is 48.9 Å². The van der Waals surface area contributed by atoms with E-state index in [0.717, 1.165) is 0 Å². The number of amides is 1. The summed E-state index contributed by atoms with van der Waals surface area (Å²) in [7, 11) is -9.94. The van der Waals surface area contributed by atoms with E-state index in [2.05, 4.69) is 0 Å². The number of anilines is 1. The molecule has 3 rings (SSSR count). The molecule has 0 aliphatic heterocycles. The van der Waals surface area contributed by atoms with Gasteiger partial charge >= 0.3 is 11.8 Å². The van der Waals surface area contributed by atoms with Crippen LogP contribution in [0.4, 0.5) is 23.2 Å². The predicted octanol–water partition coefficient (Wildman–Crippen LogP) is 2.63. The summed E-state index contributed by atoms with van der Waals surface area (Å²) in [6, 6.07) is 2.26. The normalized spacial score (nSPS) is 22.7. The van der Waals surface area contributed by atoms with Gasteiger partial charge in [0.2, 0.25) is 0 Å². The number of hydrogen-bond donors (Lipinski definition) is 4. The molecule has 31 heavy (non-hydrogen) atoms. The summed E-state index contributed by atoms with van der Waals surface area (Å²) >= 11 is 5.41. The largest absolute Gasteiger partial charge is 0.507 e. The summed E-state index contributed by atoms with van der Waals surface area (Å²) in [5.41, 5.74) is -0.777. The van der Waals surface area contributed by atoms with Crippen molar-refractivity contribution >= 4 is 54.2 Å². The van der Waals surface area contributed by atoms with Gasteiger partial charge in [-0.3, -0.25) is 13.9 Å². The highest BCUT2D eigenvalue weighted by molar-refractivity contribution is 7.86. The van der Waals surface area contributed by atoms with Crippen LogP contribution in [0.15, 0.2) is 34.1 Å². The molecule has 1 amide bonds. The first kappa shape index (κ1) is 23.5. The molecule has 9 nitrogen and oxygen atoms in total. The van der Waals surface area contributed by atoms with Gasteiger partial charge in [-0.25, -0.2) is 0 Å². The van der Waals surface area contributed by atoms with E-state index in [1.54, 1.807) is 5.32 Å². The van der Waals surface area contributed by atoms with Gasteiger partial charge in [0.05, 0.1) is 21.9 Å². The molecule has 1 saturated carbocycles. The van der Waals surface area contributed by atoms with Crippen molar-refractivity contribution in [1.29, 1.82) is 0 Å². The third-order valence-corrected chi connectivity index (χ3v) is 6.81. The number of nitrogens with one attached hydrogen (secondary N) is 1. The predicted molar refractivity (Wildman–Crippen MR) is 97.0 cm³/mol. The molecule has 0 bridgehead atoms. The average Bonchev–Trinajstić information content (AvgIpc) is 2.58. The number of fused-ring (bicyclic) bond motifs is 1. The molecule has 1 aliphatic rings. The van der Waals surface area contributed by atoms with Crippen LogP contribution in [0.5, 0.6) is 5.75 Å². The molecule has 0 aromatic heterocycles. The molecule has 2 aromatic rings. The van der Waals surface area contributed by atoms with E-state index in [0.29, 0.717) is 24.3 Å². The maximum atomic E-state index is 13.7. The van der Waals surface area contributed by atoms with Crippen molar-refractivity contribution < 1.29 is 53.4 Å². The SMILES string of the molecule is O=C(Nc1cc(S(=O)(=O)O)cc2cc(S(=O)(=O)O)cc(O)c12)C1(Cl)CC(F)(F)C1(F)F. The Morgan fingerprint density at radius 3 is 1.87 bits per heavy atom. The Labute approximate surface area is 176 Å². The zero-order valence-electron chi connectivity index (χ0n) is 14.6. The summed E-state index contributed by atoms with van der Waals surface area (Å²) in [4.78, 5) is 6.96. The third-order valence-electron chi connectivity index (χ3n) is 4.60. The number of halogens is 5. The lowest BCUT2D eigenvalue weighted by Crippen LogP contribution is -2.73. The van der Waals surface area contributed by atoms with Gasteiger partial charge in [0, 0.05) is 11.5 Å². The maximum absolute atomic E-state index is 13.7. The van der Waals surface area contributed by atoms with Crippen LogP contribution in [0.25, 0.3) is 10.8 Å². The fourth-order valence-electron chi connectivity index (χ4n) is 2.99. The Kier molecular flexibility index (Phi) is 5.03. The number of aromatic hydroxyl groups is 1. The molecule has 0 radical (unpaired) electrons. The summed E-state index contributed by atoms with van der Waals surface area (Å²) in [6.45, 7) is 0. The molecule has 1 fully saturated rings. The van der Waals surface area contributed by atoms with Crippen molar-refractivity contribution in [2.45, 2.75) is 32.9 Å². The molecule has 1 unspecified atom stereocenters. The number of rotatable bonds is 4. The van der Waals surface area contributed by atoms with Crippen LogP contribution in [0.1, 0.15) is 6.42 Å². The topological polar surface area (TPSA) is 158 Å². The van der Waals surface area contributed by atoms with Crippen LogP contribution in [0, 0.1) is 0 Å². The first-order chi connectivity index (χ1) is 13.8. The van der Waals surface area contributed by atoms with Gasteiger partial charge in [-0.15, -0.1) is 11.6 Å². The molecule has 0 heterocycles. The number of alkyl halides is 5. The van der Waals surface area contributed by atoms with Gasteiger partial charge in [0.25, 0.3) is 26.1 Å². The Bertz CT molecular complexity index is 1340. The number of benzene rings is 2. The van der Waals surface area contributed by atoms with Gasteiger partial charge in [-0.05, 0) is 23.6 Å². The summed E-state index contributed by atoms with van der Waals surface area (Å²) in [6.07, 6.45) is -1.75. The highest BCUT2D eigenvalue weighted by atomic mass is 35.5. The summed E-state index contributed by atoms with van der Waals surface area (Å²) in [5, 5.41) is 10.8. The van der Waals surface area contributed by atoms with Crippen molar-refractivity contribution in [2.24, 2.45) is 0 Å². The minimum atomic E-state index is -5.03. The Hall–Kier alpha value is -2.20. The first-order valence-corrected chi connectivity index (χ1v) is 11.1. The minimum Gasteiger partial charge on any atom is -0.507 e. The lowest BCUT2D eigenvalue weighted by atomic mass is 9.75. The lowest BCUT2D eigenvalue weighted by molar-refractivity contribution is -0.292. The summed E-state index contributed by atoms with van der Waals surface area (Å²) in [5.74, 6) is -12.4. The van der Waals surface area contributed by atoms with Gasteiger partial charge in [0.1, 0.15) is 5.75 Å². The van der Waals surface area contributed by atoms with E-state index in [-0.39, 0.29) is 0 Å². The number of phenolic OH excluding ortho intramolecular Hbond substituents is 1. The quantitative estimate of drug-likeness (QED) is 0.279. The molecule has 170 valence electrons. The fraction of sp³-hybridized carbons (Fsp3) is 0.267. The van der Waals surface area contributed by atoms with Gasteiger partial charge in [0.15, 0.2) is 4.87 Å².